The van der Waals surface area contributed by atoms with Crippen LogP contribution in [0.5, 0.6) is 0 Å². The van der Waals surface area contributed by atoms with Gasteiger partial charge in [0.1, 0.15) is 0 Å². The second kappa shape index (κ2) is 12.0. The summed E-state index contributed by atoms with van der Waals surface area (Å²) in [6.07, 6.45) is 9.10. The summed E-state index contributed by atoms with van der Waals surface area (Å²) in [5.74, 6) is 2.92. The second-order valence-electron chi connectivity index (χ2n) is 14.8. The number of aromatic nitrogens is 3. The van der Waals surface area contributed by atoms with E-state index in [1.54, 1.807) is 0 Å². The van der Waals surface area contributed by atoms with Crippen LogP contribution in [0.25, 0.3) is 56.4 Å². The average Bonchev–Trinajstić information content (AvgIpc) is 3.67. The van der Waals surface area contributed by atoms with Crippen molar-refractivity contribution in [3.8, 4) is 56.4 Å². The molecule has 0 spiro atoms. The van der Waals surface area contributed by atoms with Crippen molar-refractivity contribution >= 4 is 0 Å². The van der Waals surface area contributed by atoms with Crippen LogP contribution in [0, 0.1) is 5.92 Å². The first-order valence-corrected chi connectivity index (χ1v) is 18.2. The third kappa shape index (κ3) is 4.84. The minimum atomic E-state index is -0.00344. The Morgan fingerprint density at radius 2 is 0.962 bits per heavy atom. The maximum Gasteiger partial charge on any atom is 0.164 e. The van der Waals surface area contributed by atoms with Crippen LogP contribution < -0.4 is 0 Å². The summed E-state index contributed by atoms with van der Waals surface area (Å²) in [4.78, 5) is 15.7. The van der Waals surface area contributed by atoms with Gasteiger partial charge in [0.2, 0.25) is 0 Å². The number of fused-ring (bicyclic) bond motifs is 6. The summed E-state index contributed by atoms with van der Waals surface area (Å²) >= 11 is 0. The van der Waals surface area contributed by atoms with E-state index in [0.717, 1.165) is 22.3 Å². The Labute approximate surface area is 305 Å². The standard InChI is InChI=1S/C49H37N3/c1-49(2)42-21-11-10-19-40(42)45-41(20-12-22-43(45)49)48-51-46(34-27-23-32(24-28-34)31-13-4-3-5-14-31)50-47(52-48)35-29-25-33(26-30-35)44-38-17-8-6-15-36(38)37-16-7-9-18-39(37)44/h3-30,40,42,44H,1-2H3. The molecule has 0 fully saturated rings. The molecule has 3 aliphatic rings. The molecule has 7 aromatic rings. The lowest BCUT2D eigenvalue weighted by Gasteiger charge is -2.29. The molecule has 52 heavy (non-hydrogen) atoms. The van der Waals surface area contributed by atoms with Gasteiger partial charge in [0.15, 0.2) is 17.5 Å². The highest BCUT2D eigenvalue weighted by Gasteiger charge is 2.45. The van der Waals surface area contributed by atoms with Crippen LogP contribution in [-0.2, 0) is 5.41 Å². The molecule has 10 rings (SSSR count). The summed E-state index contributed by atoms with van der Waals surface area (Å²) in [5, 5.41) is 0. The van der Waals surface area contributed by atoms with Gasteiger partial charge >= 0.3 is 0 Å². The molecule has 0 amide bonds. The molecule has 6 aromatic carbocycles. The highest BCUT2D eigenvalue weighted by Crippen LogP contribution is 2.55. The zero-order valence-corrected chi connectivity index (χ0v) is 29.2. The van der Waals surface area contributed by atoms with E-state index in [0.29, 0.717) is 23.4 Å². The van der Waals surface area contributed by atoms with Gasteiger partial charge in [-0.05, 0) is 61.4 Å². The van der Waals surface area contributed by atoms with Gasteiger partial charge in [-0.1, -0.05) is 184 Å². The van der Waals surface area contributed by atoms with Crippen LogP contribution >= 0.6 is 0 Å². The average molecular weight is 668 g/mol. The van der Waals surface area contributed by atoms with E-state index in [2.05, 4.69) is 178 Å². The Bertz CT molecular complexity index is 2500. The molecule has 2 unspecified atom stereocenters. The van der Waals surface area contributed by atoms with Crippen molar-refractivity contribution in [3.05, 3.63) is 198 Å². The van der Waals surface area contributed by atoms with Gasteiger partial charge in [-0.2, -0.15) is 0 Å². The Morgan fingerprint density at radius 1 is 0.442 bits per heavy atom. The predicted molar refractivity (Wildman–Crippen MR) is 212 cm³/mol. The highest BCUT2D eigenvalue weighted by atomic mass is 15.0. The quantitative estimate of drug-likeness (QED) is 0.183. The van der Waals surface area contributed by atoms with Crippen molar-refractivity contribution in [1.29, 1.82) is 0 Å². The lowest BCUT2D eigenvalue weighted by molar-refractivity contribution is 0.394. The van der Waals surface area contributed by atoms with Gasteiger partial charge in [0, 0.05) is 28.5 Å². The molecule has 0 bridgehead atoms. The second-order valence-corrected chi connectivity index (χ2v) is 14.8. The van der Waals surface area contributed by atoms with E-state index >= 15 is 0 Å². The van der Waals surface area contributed by atoms with Crippen LogP contribution in [0.1, 0.15) is 53.5 Å². The minimum absolute atomic E-state index is 0.00344. The van der Waals surface area contributed by atoms with E-state index in [1.165, 1.54) is 44.5 Å². The minimum Gasteiger partial charge on any atom is -0.208 e. The molecular formula is C49H37N3. The first-order chi connectivity index (χ1) is 25.5. The highest BCUT2D eigenvalue weighted by molar-refractivity contribution is 5.81. The molecule has 0 radical (unpaired) electrons. The normalized spacial score (nSPS) is 17.7. The molecule has 1 heterocycles. The van der Waals surface area contributed by atoms with Crippen LogP contribution in [0.4, 0.5) is 0 Å². The number of hydrogen-bond acceptors (Lipinski definition) is 3. The Kier molecular flexibility index (Phi) is 7.04. The van der Waals surface area contributed by atoms with Crippen molar-refractivity contribution < 1.29 is 0 Å². The fraction of sp³-hybridized carbons (Fsp3) is 0.122. The van der Waals surface area contributed by atoms with Crippen LogP contribution in [0.3, 0.4) is 0 Å². The first kappa shape index (κ1) is 30.6. The number of benzene rings is 6. The molecule has 0 aliphatic heterocycles. The fourth-order valence-corrected chi connectivity index (χ4v) is 8.97. The number of hydrogen-bond donors (Lipinski definition) is 0. The fourth-order valence-electron chi connectivity index (χ4n) is 8.97. The molecule has 3 aliphatic carbocycles. The summed E-state index contributed by atoms with van der Waals surface area (Å²) < 4.78 is 0. The van der Waals surface area contributed by atoms with Gasteiger partial charge in [-0.3, -0.25) is 0 Å². The van der Waals surface area contributed by atoms with Crippen molar-refractivity contribution in [3.63, 3.8) is 0 Å². The van der Waals surface area contributed by atoms with Gasteiger partial charge in [-0.15, -0.1) is 0 Å². The Morgan fingerprint density at radius 3 is 1.63 bits per heavy atom. The van der Waals surface area contributed by atoms with Gasteiger partial charge in [0.25, 0.3) is 0 Å². The summed E-state index contributed by atoms with van der Waals surface area (Å²) in [5.41, 5.74) is 14.7. The summed E-state index contributed by atoms with van der Waals surface area (Å²) in [7, 11) is 0. The van der Waals surface area contributed by atoms with E-state index in [1.807, 2.05) is 6.07 Å². The maximum absolute atomic E-state index is 5.26. The van der Waals surface area contributed by atoms with E-state index in [-0.39, 0.29) is 17.3 Å². The SMILES string of the molecule is CC1(C)c2cccc(-c3nc(-c4ccc(-c5ccccc5)cc4)nc(-c4ccc(C5c6ccccc6-c6ccccc65)cc4)n3)c2C2C=CC=CC21. The Hall–Kier alpha value is -6.19. The monoisotopic (exact) mass is 667 g/mol. The lowest BCUT2D eigenvalue weighted by atomic mass is 9.74. The molecule has 248 valence electrons. The van der Waals surface area contributed by atoms with Crippen LogP contribution in [-0.4, -0.2) is 15.0 Å². The van der Waals surface area contributed by atoms with Crippen molar-refractivity contribution in [2.45, 2.75) is 31.1 Å². The third-order valence-electron chi connectivity index (χ3n) is 11.6. The Balaban J connectivity index is 1.10. The number of allylic oxidation sites excluding steroid dienone is 4. The maximum atomic E-state index is 5.26. The van der Waals surface area contributed by atoms with E-state index in [9.17, 15) is 0 Å². The molecule has 3 nitrogen and oxygen atoms in total. The van der Waals surface area contributed by atoms with Crippen molar-refractivity contribution in [2.24, 2.45) is 5.92 Å². The summed E-state index contributed by atoms with van der Waals surface area (Å²) in [6.45, 7) is 4.73. The summed E-state index contributed by atoms with van der Waals surface area (Å²) in [6, 6.07) is 52.2. The molecule has 0 saturated carbocycles. The number of rotatable bonds is 5. The smallest absolute Gasteiger partial charge is 0.164 e. The zero-order valence-electron chi connectivity index (χ0n) is 29.2. The zero-order chi connectivity index (χ0) is 34.8. The van der Waals surface area contributed by atoms with E-state index < -0.39 is 0 Å². The molecular weight excluding hydrogens is 631 g/mol. The third-order valence-corrected chi connectivity index (χ3v) is 11.6. The molecule has 1 aromatic heterocycles. The molecule has 3 heteroatoms. The van der Waals surface area contributed by atoms with Crippen molar-refractivity contribution in [2.75, 3.05) is 0 Å². The van der Waals surface area contributed by atoms with Gasteiger partial charge in [0.05, 0.1) is 0 Å². The topological polar surface area (TPSA) is 38.7 Å². The largest absolute Gasteiger partial charge is 0.208 e. The van der Waals surface area contributed by atoms with Crippen LogP contribution in [0.15, 0.2) is 170 Å². The molecule has 0 saturated heterocycles. The van der Waals surface area contributed by atoms with Crippen molar-refractivity contribution in [1.82, 2.24) is 15.0 Å². The molecule has 0 N–H and O–H groups in total. The van der Waals surface area contributed by atoms with E-state index in [4.69, 9.17) is 15.0 Å². The lowest BCUT2D eigenvalue weighted by Crippen LogP contribution is -2.24. The van der Waals surface area contributed by atoms with Gasteiger partial charge in [-0.25, -0.2) is 15.0 Å². The number of nitrogens with zero attached hydrogens (tertiary/aromatic N) is 3. The molecule has 2 atom stereocenters. The van der Waals surface area contributed by atoms with Crippen LogP contribution in [0.2, 0.25) is 0 Å². The first-order valence-electron chi connectivity index (χ1n) is 18.2. The van der Waals surface area contributed by atoms with Gasteiger partial charge < -0.3 is 0 Å². The predicted octanol–water partition coefficient (Wildman–Crippen LogP) is 11.8.